The zero-order valence-corrected chi connectivity index (χ0v) is 18.0. The molecule has 30 heavy (non-hydrogen) atoms. The van der Waals surface area contributed by atoms with Crippen LogP contribution in [-0.2, 0) is 14.3 Å². The maximum absolute atomic E-state index is 12.5. The standard InChI is InChI=1S/C21H22ClN3O5/c1-10(2)29-20(27)17-11(3)18(24-12(17)4)21(28)30-13(5)19(26)25-15-7-6-14(9-23)16(22)8-15/h6-8,10,13,24H,1-5H3,(H,25,26). The van der Waals surface area contributed by atoms with Gasteiger partial charge in [0.2, 0.25) is 0 Å². The Hall–Kier alpha value is -3.31. The Balaban J connectivity index is 2.10. The van der Waals surface area contributed by atoms with Gasteiger partial charge >= 0.3 is 11.9 Å². The lowest BCUT2D eigenvalue weighted by Crippen LogP contribution is -2.30. The van der Waals surface area contributed by atoms with Crippen LogP contribution in [0.15, 0.2) is 18.2 Å². The molecule has 0 saturated heterocycles. The molecule has 0 saturated carbocycles. The summed E-state index contributed by atoms with van der Waals surface area (Å²) in [6.07, 6.45) is -1.43. The number of hydrogen-bond acceptors (Lipinski definition) is 6. The molecule has 2 aromatic rings. The third-order valence-electron chi connectivity index (χ3n) is 4.20. The van der Waals surface area contributed by atoms with Crippen molar-refractivity contribution in [3.63, 3.8) is 0 Å². The van der Waals surface area contributed by atoms with Crippen molar-refractivity contribution >= 4 is 35.1 Å². The van der Waals surface area contributed by atoms with Crippen LogP contribution in [0.2, 0.25) is 5.02 Å². The maximum Gasteiger partial charge on any atom is 0.355 e. The Bertz CT molecular complexity index is 1040. The number of amides is 1. The van der Waals surface area contributed by atoms with Crippen molar-refractivity contribution in [2.75, 3.05) is 5.32 Å². The highest BCUT2D eigenvalue weighted by molar-refractivity contribution is 6.32. The molecule has 0 aliphatic carbocycles. The molecule has 2 rings (SSSR count). The molecular formula is C21H22ClN3O5. The first-order chi connectivity index (χ1) is 14.0. The van der Waals surface area contributed by atoms with Crippen molar-refractivity contribution in [1.29, 1.82) is 5.26 Å². The highest BCUT2D eigenvalue weighted by atomic mass is 35.5. The van der Waals surface area contributed by atoms with Crippen LogP contribution in [0.5, 0.6) is 0 Å². The van der Waals surface area contributed by atoms with Gasteiger partial charge in [0.05, 0.1) is 22.3 Å². The van der Waals surface area contributed by atoms with Gasteiger partial charge in [0.15, 0.2) is 6.10 Å². The number of nitrogens with zero attached hydrogens (tertiary/aromatic N) is 1. The molecule has 0 aliphatic rings. The van der Waals surface area contributed by atoms with Crippen molar-refractivity contribution in [3.05, 3.63) is 51.3 Å². The van der Waals surface area contributed by atoms with Crippen molar-refractivity contribution in [2.24, 2.45) is 0 Å². The Morgan fingerprint density at radius 1 is 1.13 bits per heavy atom. The van der Waals surface area contributed by atoms with E-state index in [0.29, 0.717) is 16.9 Å². The normalized spacial score (nSPS) is 11.5. The van der Waals surface area contributed by atoms with Crippen molar-refractivity contribution < 1.29 is 23.9 Å². The fourth-order valence-electron chi connectivity index (χ4n) is 2.73. The number of aryl methyl sites for hydroxylation is 1. The first-order valence-electron chi connectivity index (χ1n) is 9.16. The molecule has 0 aliphatic heterocycles. The molecule has 158 valence electrons. The fourth-order valence-corrected chi connectivity index (χ4v) is 2.96. The molecular weight excluding hydrogens is 410 g/mol. The molecule has 1 atom stereocenters. The lowest BCUT2D eigenvalue weighted by atomic mass is 10.1. The molecule has 9 heteroatoms. The smallest absolute Gasteiger partial charge is 0.355 e. The van der Waals surface area contributed by atoms with Crippen LogP contribution in [0.3, 0.4) is 0 Å². The number of nitrogens with one attached hydrogen (secondary N) is 2. The van der Waals surface area contributed by atoms with E-state index in [4.69, 9.17) is 26.3 Å². The number of anilines is 1. The van der Waals surface area contributed by atoms with E-state index in [9.17, 15) is 14.4 Å². The summed E-state index contributed by atoms with van der Waals surface area (Å²) < 4.78 is 10.4. The quantitative estimate of drug-likeness (QED) is 0.669. The molecule has 0 bridgehead atoms. The van der Waals surface area contributed by atoms with Gasteiger partial charge < -0.3 is 19.8 Å². The van der Waals surface area contributed by atoms with E-state index >= 15 is 0 Å². The molecule has 0 radical (unpaired) electrons. The molecule has 8 nitrogen and oxygen atoms in total. The predicted molar refractivity (Wildman–Crippen MR) is 110 cm³/mol. The van der Waals surface area contributed by atoms with Gasteiger partial charge in [-0.1, -0.05) is 11.6 Å². The highest BCUT2D eigenvalue weighted by Crippen LogP contribution is 2.22. The molecule has 1 heterocycles. The van der Waals surface area contributed by atoms with Gasteiger partial charge in [-0.15, -0.1) is 0 Å². The van der Waals surface area contributed by atoms with Crippen LogP contribution in [-0.4, -0.2) is 35.0 Å². The lowest BCUT2D eigenvalue weighted by molar-refractivity contribution is -0.123. The number of carbonyl (C=O) groups is 3. The van der Waals surface area contributed by atoms with Crippen LogP contribution in [0.25, 0.3) is 0 Å². The number of halogens is 1. The Labute approximate surface area is 179 Å². The average molecular weight is 432 g/mol. The minimum atomic E-state index is -1.12. The van der Waals surface area contributed by atoms with Crippen molar-refractivity contribution in [3.8, 4) is 6.07 Å². The number of benzene rings is 1. The Morgan fingerprint density at radius 3 is 2.37 bits per heavy atom. The molecule has 1 amide bonds. The number of ether oxygens (including phenoxy) is 2. The SMILES string of the molecule is Cc1[nH]c(C(=O)OC(C)C(=O)Nc2ccc(C#N)c(Cl)c2)c(C)c1C(=O)OC(C)C. The van der Waals surface area contributed by atoms with Gasteiger partial charge in [0, 0.05) is 11.4 Å². The molecule has 0 fully saturated rings. The molecule has 0 spiro atoms. The second-order valence-corrected chi connectivity index (χ2v) is 7.33. The average Bonchev–Trinajstić information content (AvgIpc) is 2.95. The van der Waals surface area contributed by atoms with Crippen molar-refractivity contribution in [1.82, 2.24) is 4.98 Å². The van der Waals surface area contributed by atoms with E-state index in [1.54, 1.807) is 27.7 Å². The van der Waals surface area contributed by atoms with Gasteiger partial charge in [-0.05, 0) is 58.4 Å². The van der Waals surface area contributed by atoms with Crippen LogP contribution in [0.4, 0.5) is 5.69 Å². The predicted octanol–water partition coefficient (Wildman–Crippen LogP) is 3.91. The van der Waals surface area contributed by atoms with Gasteiger partial charge in [-0.2, -0.15) is 5.26 Å². The summed E-state index contributed by atoms with van der Waals surface area (Å²) in [5, 5.41) is 11.7. The molecule has 2 N–H and O–H groups in total. The Kier molecular flexibility index (Phi) is 7.24. The summed E-state index contributed by atoms with van der Waals surface area (Å²) in [4.78, 5) is 40.0. The maximum atomic E-state index is 12.5. The number of H-pyrrole nitrogens is 1. The van der Waals surface area contributed by atoms with Gasteiger partial charge in [0.1, 0.15) is 11.8 Å². The van der Waals surface area contributed by atoms with Crippen LogP contribution in [0.1, 0.15) is 58.4 Å². The summed E-state index contributed by atoms with van der Waals surface area (Å²) in [6, 6.07) is 6.34. The number of nitriles is 1. The lowest BCUT2D eigenvalue weighted by Gasteiger charge is -2.14. The summed E-state index contributed by atoms with van der Waals surface area (Å²) in [5.74, 6) is -1.90. The first-order valence-corrected chi connectivity index (χ1v) is 9.54. The number of rotatable bonds is 6. The Morgan fingerprint density at radius 2 is 1.80 bits per heavy atom. The summed E-state index contributed by atoms with van der Waals surface area (Å²) in [7, 11) is 0. The zero-order chi connectivity index (χ0) is 22.6. The number of hydrogen-bond donors (Lipinski definition) is 2. The highest BCUT2D eigenvalue weighted by Gasteiger charge is 2.27. The van der Waals surface area contributed by atoms with Crippen LogP contribution >= 0.6 is 11.6 Å². The summed E-state index contributed by atoms with van der Waals surface area (Å²) in [5.41, 5.74) is 1.82. The minimum Gasteiger partial charge on any atom is -0.459 e. The fraction of sp³-hybridized carbons (Fsp3) is 0.333. The molecule has 1 aromatic carbocycles. The molecule has 1 aromatic heterocycles. The van der Waals surface area contributed by atoms with Gasteiger partial charge in [-0.3, -0.25) is 4.79 Å². The summed E-state index contributed by atoms with van der Waals surface area (Å²) >= 11 is 5.95. The van der Waals surface area contributed by atoms with Gasteiger partial charge in [0.25, 0.3) is 5.91 Å². The van der Waals surface area contributed by atoms with E-state index in [1.165, 1.54) is 25.1 Å². The van der Waals surface area contributed by atoms with Crippen LogP contribution < -0.4 is 5.32 Å². The van der Waals surface area contributed by atoms with Crippen molar-refractivity contribution in [2.45, 2.75) is 46.8 Å². The first kappa shape index (κ1) is 23.0. The molecule has 1 unspecified atom stereocenters. The van der Waals surface area contributed by atoms with E-state index in [-0.39, 0.29) is 27.9 Å². The second kappa shape index (κ2) is 9.46. The van der Waals surface area contributed by atoms with Crippen LogP contribution in [0, 0.1) is 25.2 Å². The monoisotopic (exact) mass is 431 g/mol. The zero-order valence-electron chi connectivity index (χ0n) is 17.3. The number of carbonyl (C=O) groups excluding carboxylic acids is 3. The minimum absolute atomic E-state index is 0.0734. The number of aromatic amines is 1. The number of esters is 2. The largest absolute Gasteiger partial charge is 0.459 e. The second-order valence-electron chi connectivity index (χ2n) is 6.92. The topological polar surface area (TPSA) is 121 Å². The van der Waals surface area contributed by atoms with Gasteiger partial charge in [-0.25, -0.2) is 9.59 Å². The van der Waals surface area contributed by atoms with E-state index in [0.717, 1.165) is 0 Å². The van der Waals surface area contributed by atoms with E-state index in [2.05, 4.69) is 10.3 Å². The van der Waals surface area contributed by atoms with E-state index < -0.39 is 23.9 Å². The number of aromatic nitrogens is 1. The summed E-state index contributed by atoms with van der Waals surface area (Å²) in [6.45, 7) is 8.11. The third-order valence-corrected chi connectivity index (χ3v) is 4.51. The third kappa shape index (κ3) is 5.19. The van der Waals surface area contributed by atoms with E-state index in [1.807, 2.05) is 6.07 Å².